The number of likely N-dealkylation sites (tertiary alicyclic amines) is 1. The number of aldehydes is 1. The average molecular weight is 405 g/mol. The lowest BCUT2D eigenvalue weighted by atomic mass is 10.0. The Morgan fingerprint density at radius 1 is 1.07 bits per heavy atom. The third kappa shape index (κ3) is 5.83. The molecule has 1 N–H and O–H groups in total. The molecule has 1 saturated heterocycles. The molecular weight excluding hydrogens is 376 g/mol. The van der Waals surface area contributed by atoms with Crippen LogP contribution < -0.4 is 0 Å². The molecule has 0 unspecified atom stereocenters. The van der Waals surface area contributed by atoms with Crippen molar-refractivity contribution in [2.75, 3.05) is 20.2 Å². The smallest absolute Gasteiger partial charge is 0.150 e. The number of pyridine rings is 1. The molecule has 0 amide bonds. The first-order chi connectivity index (χ1) is 14.8. The minimum absolute atomic E-state index is 0.0659. The molecule has 1 aromatic heterocycles. The summed E-state index contributed by atoms with van der Waals surface area (Å²) in [7, 11) is 1.00. The maximum Gasteiger partial charge on any atom is 0.150 e. The van der Waals surface area contributed by atoms with Crippen molar-refractivity contribution >= 4 is 6.29 Å². The lowest BCUT2D eigenvalue weighted by molar-refractivity contribution is 0.0138. The number of ether oxygens (including phenoxy) is 1. The Bertz CT molecular complexity index is 863. The Hall–Kier alpha value is -2.86. The van der Waals surface area contributed by atoms with E-state index in [0.29, 0.717) is 5.56 Å². The van der Waals surface area contributed by atoms with Crippen LogP contribution in [0.5, 0.6) is 0 Å². The minimum atomic E-state index is -0.0659. The van der Waals surface area contributed by atoms with Crippen molar-refractivity contribution in [3.05, 3.63) is 101 Å². The molecule has 30 heavy (non-hydrogen) atoms. The summed E-state index contributed by atoms with van der Waals surface area (Å²) < 4.78 is 6.58. The van der Waals surface area contributed by atoms with Gasteiger partial charge in [-0.2, -0.15) is 0 Å². The molecule has 2 heterocycles. The van der Waals surface area contributed by atoms with E-state index in [1.54, 1.807) is 12.3 Å². The summed E-state index contributed by atoms with van der Waals surface area (Å²) in [4.78, 5) is 17.7. The van der Waals surface area contributed by atoms with Crippen molar-refractivity contribution in [1.29, 1.82) is 0 Å². The van der Waals surface area contributed by atoms with Crippen LogP contribution >= 0.6 is 0 Å². The molecule has 1 aliphatic rings. The first-order valence-corrected chi connectivity index (χ1v) is 10.1. The SMILES string of the molecule is CO.O=Cc1ccnc(CN2CC[C@@H](OC(c3ccccc3)c3ccccc3)C2)c1. The summed E-state index contributed by atoms with van der Waals surface area (Å²) in [6, 6.07) is 24.4. The largest absolute Gasteiger partial charge is 0.400 e. The van der Waals surface area contributed by atoms with E-state index >= 15 is 0 Å². The second-order valence-corrected chi connectivity index (χ2v) is 7.18. The van der Waals surface area contributed by atoms with Gasteiger partial charge in [0.1, 0.15) is 12.4 Å². The Kier molecular flexibility index (Phi) is 8.27. The molecule has 5 nitrogen and oxygen atoms in total. The van der Waals surface area contributed by atoms with Gasteiger partial charge in [0, 0.05) is 38.5 Å². The summed E-state index contributed by atoms with van der Waals surface area (Å²) in [5, 5.41) is 7.00. The van der Waals surface area contributed by atoms with Gasteiger partial charge in [-0.25, -0.2) is 0 Å². The number of aromatic nitrogens is 1. The van der Waals surface area contributed by atoms with Gasteiger partial charge < -0.3 is 9.84 Å². The van der Waals surface area contributed by atoms with E-state index in [4.69, 9.17) is 9.84 Å². The monoisotopic (exact) mass is 404 g/mol. The molecule has 0 saturated carbocycles. The van der Waals surface area contributed by atoms with Crippen molar-refractivity contribution in [3.63, 3.8) is 0 Å². The Morgan fingerprint density at radius 3 is 2.30 bits per heavy atom. The topological polar surface area (TPSA) is 62.7 Å². The summed E-state index contributed by atoms with van der Waals surface area (Å²) >= 11 is 0. The standard InChI is InChI=1S/C24H24N2O2.CH4O/c27-18-19-11-13-25-22(15-19)16-26-14-12-23(17-26)28-24(20-7-3-1-4-8-20)21-9-5-2-6-10-21;1-2/h1-11,13,15,18,23-24H,12,14,16-17H2;2H,1H3/t23-;/m1./s1. The number of hydrogen-bond acceptors (Lipinski definition) is 5. The van der Waals surface area contributed by atoms with E-state index in [1.165, 1.54) is 11.1 Å². The van der Waals surface area contributed by atoms with Gasteiger partial charge in [-0.15, -0.1) is 0 Å². The molecule has 156 valence electrons. The Balaban J connectivity index is 0.00000124. The minimum Gasteiger partial charge on any atom is -0.400 e. The molecule has 0 radical (unpaired) electrons. The number of carbonyl (C=O) groups excluding carboxylic acids is 1. The summed E-state index contributed by atoms with van der Waals surface area (Å²) in [5.74, 6) is 0. The van der Waals surface area contributed by atoms with Crippen molar-refractivity contribution in [2.24, 2.45) is 0 Å². The summed E-state index contributed by atoms with van der Waals surface area (Å²) in [6.45, 7) is 2.57. The van der Waals surface area contributed by atoms with Gasteiger partial charge in [-0.05, 0) is 29.7 Å². The fraction of sp³-hybridized carbons (Fsp3) is 0.280. The highest BCUT2D eigenvalue weighted by Crippen LogP contribution is 2.29. The lowest BCUT2D eigenvalue weighted by Gasteiger charge is -2.23. The number of rotatable bonds is 7. The van der Waals surface area contributed by atoms with Gasteiger partial charge in [0.2, 0.25) is 0 Å². The van der Waals surface area contributed by atoms with Crippen LogP contribution in [-0.2, 0) is 11.3 Å². The second kappa shape index (κ2) is 11.4. The van der Waals surface area contributed by atoms with Gasteiger partial charge in [-0.1, -0.05) is 60.7 Å². The van der Waals surface area contributed by atoms with Gasteiger partial charge in [-0.3, -0.25) is 14.7 Å². The van der Waals surface area contributed by atoms with Crippen LogP contribution in [0.2, 0.25) is 0 Å². The second-order valence-electron chi connectivity index (χ2n) is 7.18. The van der Waals surface area contributed by atoms with Gasteiger partial charge in [0.05, 0.1) is 11.8 Å². The lowest BCUT2D eigenvalue weighted by Crippen LogP contribution is -2.25. The zero-order valence-corrected chi connectivity index (χ0v) is 17.2. The third-order valence-electron chi connectivity index (χ3n) is 5.12. The molecular formula is C25H28N2O3. The van der Waals surface area contributed by atoms with Gasteiger partial charge >= 0.3 is 0 Å². The Labute approximate surface area is 178 Å². The van der Waals surface area contributed by atoms with Gasteiger partial charge in [0.15, 0.2) is 0 Å². The normalized spacial score (nSPS) is 16.2. The maximum absolute atomic E-state index is 11.0. The van der Waals surface area contributed by atoms with E-state index in [2.05, 4.69) is 58.4 Å². The zero-order chi connectivity index (χ0) is 21.2. The maximum atomic E-state index is 11.0. The number of carbonyl (C=O) groups is 1. The highest BCUT2D eigenvalue weighted by molar-refractivity contribution is 5.74. The van der Waals surface area contributed by atoms with Gasteiger partial charge in [0.25, 0.3) is 0 Å². The molecule has 3 aromatic rings. The molecule has 0 bridgehead atoms. The molecule has 4 rings (SSSR count). The fourth-order valence-corrected chi connectivity index (χ4v) is 3.74. The first kappa shape index (κ1) is 21.8. The van der Waals surface area contributed by atoms with Crippen molar-refractivity contribution < 1.29 is 14.6 Å². The summed E-state index contributed by atoms with van der Waals surface area (Å²) in [5.41, 5.74) is 3.94. The molecule has 2 aromatic carbocycles. The van der Waals surface area contributed by atoms with Crippen LogP contribution in [-0.4, -0.2) is 47.6 Å². The highest BCUT2D eigenvalue weighted by Gasteiger charge is 2.27. The highest BCUT2D eigenvalue weighted by atomic mass is 16.5. The van der Waals surface area contributed by atoms with Crippen LogP contribution in [0.15, 0.2) is 79.0 Å². The third-order valence-corrected chi connectivity index (χ3v) is 5.12. The predicted molar refractivity (Wildman–Crippen MR) is 117 cm³/mol. The van der Waals surface area contributed by atoms with Crippen LogP contribution in [0.25, 0.3) is 0 Å². The van der Waals surface area contributed by atoms with E-state index in [0.717, 1.165) is 45.1 Å². The predicted octanol–water partition coefficient (Wildman–Crippen LogP) is 3.88. The quantitative estimate of drug-likeness (QED) is 0.606. The number of benzene rings is 2. The number of aliphatic hydroxyl groups is 1. The molecule has 0 aliphatic carbocycles. The molecule has 1 atom stereocenters. The number of aliphatic hydroxyl groups excluding tert-OH is 1. The van der Waals surface area contributed by atoms with Crippen LogP contribution in [0.4, 0.5) is 0 Å². The molecule has 5 heteroatoms. The van der Waals surface area contributed by atoms with Crippen molar-refractivity contribution in [2.45, 2.75) is 25.2 Å². The molecule has 0 spiro atoms. The van der Waals surface area contributed by atoms with E-state index in [-0.39, 0.29) is 12.2 Å². The van der Waals surface area contributed by atoms with E-state index in [9.17, 15) is 4.79 Å². The number of hydrogen-bond donors (Lipinski definition) is 1. The van der Waals surface area contributed by atoms with Crippen molar-refractivity contribution in [1.82, 2.24) is 9.88 Å². The first-order valence-electron chi connectivity index (χ1n) is 10.1. The van der Waals surface area contributed by atoms with Crippen LogP contribution in [0, 0.1) is 0 Å². The Morgan fingerprint density at radius 2 is 1.70 bits per heavy atom. The van der Waals surface area contributed by atoms with Crippen LogP contribution in [0.1, 0.15) is 39.7 Å². The van der Waals surface area contributed by atoms with Crippen molar-refractivity contribution in [3.8, 4) is 0 Å². The number of nitrogens with zero attached hydrogens (tertiary/aromatic N) is 2. The van der Waals surface area contributed by atoms with Crippen LogP contribution in [0.3, 0.4) is 0 Å². The summed E-state index contributed by atoms with van der Waals surface area (Å²) in [6.07, 6.45) is 3.65. The fourth-order valence-electron chi connectivity index (χ4n) is 3.74. The molecule has 1 fully saturated rings. The average Bonchev–Trinajstić information content (AvgIpc) is 3.27. The zero-order valence-electron chi connectivity index (χ0n) is 17.2. The van der Waals surface area contributed by atoms with E-state index < -0.39 is 0 Å². The molecule has 1 aliphatic heterocycles. The van der Waals surface area contributed by atoms with E-state index in [1.807, 2.05) is 18.2 Å².